The van der Waals surface area contributed by atoms with Gasteiger partial charge in [-0.15, -0.1) is 0 Å². The molecule has 0 spiro atoms. The lowest BCUT2D eigenvalue weighted by molar-refractivity contribution is -0.157. The first-order valence-electron chi connectivity index (χ1n) is 13.3. The van der Waals surface area contributed by atoms with E-state index in [0.717, 1.165) is 18.4 Å². The molecule has 0 unspecified atom stereocenters. The van der Waals surface area contributed by atoms with Gasteiger partial charge in [0.15, 0.2) is 0 Å². The van der Waals surface area contributed by atoms with Gasteiger partial charge < -0.3 is 10.2 Å². The van der Waals surface area contributed by atoms with Crippen molar-refractivity contribution in [2.45, 2.75) is 84.7 Å². The van der Waals surface area contributed by atoms with Crippen LogP contribution in [-0.4, -0.2) is 35.8 Å². The molecule has 5 rings (SSSR count). The summed E-state index contributed by atoms with van der Waals surface area (Å²) in [5.74, 6) is 3.56. The number of benzene rings is 1. The molecule has 0 bridgehead atoms. The van der Waals surface area contributed by atoms with E-state index in [-0.39, 0.29) is 22.8 Å². The summed E-state index contributed by atoms with van der Waals surface area (Å²) in [5, 5.41) is 3.55. The van der Waals surface area contributed by atoms with Crippen molar-refractivity contribution in [1.82, 2.24) is 10.2 Å². The van der Waals surface area contributed by atoms with Crippen LogP contribution in [0.2, 0.25) is 0 Å². The zero-order chi connectivity index (χ0) is 23.5. The lowest BCUT2D eigenvalue weighted by Gasteiger charge is -2.61. The summed E-state index contributed by atoms with van der Waals surface area (Å²) < 4.78 is 0. The van der Waals surface area contributed by atoms with E-state index in [9.17, 15) is 9.59 Å². The van der Waals surface area contributed by atoms with Gasteiger partial charge in [0.2, 0.25) is 5.91 Å². The van der Waals surface area contributed by atoms with E-state index in [2.05, 4.69) is 37.9 Å². The minimum absolute atomic E-state index is 0.0818. The fourth-order valence-corrected chi connectivity index (χ4v) is 8.99. The van der Waals surface area contributed by atoms with Crippen molar-refractivity contribution in [2.24, 2.45) is 40.4 Å². The molecule has 3 aliphatic carbocycles. The maximum atomic E-state index is 13.2. The van der Waals surface area contributed by atoms with Gasteiger partial charge in [-0.1, -0.05) is 45.9 Å². The Hall–Kier alpha value is -1.84. The highest BCUT2D eigenvalue weighted by Crippen LogP contribution is 2.66. The van der Waals surface area contributed by atoms with Gasteiger partial charge in [-0.3, -0.25) is 9.59 Å². The summed E-state index contributed by atoms with van der Waals surface area (Å²) >= 11 is 0. The Morgan fingerprint density at radius 3 is 2.45 bits per heavy atom. The van der Waals surface area contributed by atoms with Gasteiger partial charge >= 0.3 is 0 Å². The quantitative estimate of drug-likeness (QED) is 0.658. The summed E-state index contributed by atoms with van der Waals surface area (Å²) in [6.45, 7) is 9.65. The number of hydrogen-bond donors (Lipinski definition) is 1. The van der Waals surface area contributed by atoms with Gasteiger partial charge in [0.25, 0.3) is 5.91 Å². The first-order valence-corrected chi connectivity index (χ1v) is 13.3. The summed E-state index contributed by atoms with van der Waals surface area (Å²) in [6.07, 6.45) is 7.76. The third-order valence-electron chi connectivity index (χ3n) is 10.8. The molecule has 1 heterocycles. The highest BCUT2D eigenvalue weighted by Gasteiger charge is 2.63. The largest absolute Gasteiger partial charge is 0.348 e. The molecule has 0 radical (unpaired) electrons. The molecular formula is C29H42N2O2. The fourth-order valence-electron chi connectivity index (χ4n) is 8.99. The Kier molecular flexibility index (Phi) is 5.65. The predicted octanol–water partition coefficient (Wildman–Crippen LogP) is 5.53. The second-order valence-electron chi connectivity index (χ2n) is 12.5. The Bertz CT molecular complexity index is 913. The molecule has 4 aliphatic rings. The first kappa shape index (κ1) is 22.9. The summed E-state index contributed by atoms with van der Waals surface area (Å²) in [6, 6.07) is 10.4. The molecule has 33 heavy (non-hydrogen) atoms. The molecule has 1 aromatic carbocycles. The Labute approximate surface area is 199 Å². The van der Waals surface area contributed by atoms with Gasteiger partial charge in [0, 0.05) is 31.1 Å². The molecular weight excluding hydrogens is 408 g/mol. The van der Waals surface area contributed by atoms with Crippen LogP contribution in [0, 0.1) is 40.4 Å². The Morgan fingerprint density at radius 2 is 1.76 bits per heavy atom. The van der Waals surface area contributed by atoms with Gasteiger partial charge in [-0.25, -0.2) is 0 Å². The molecule has 1 aliphatic heterocycles. The normalized spacial score (nSPS) is 42.5. The molecule has 8 atom stereocenters. The lowest BCUT2D eigenvalue weighted by Crippen LogP contribution is -2.62. The average molecular weight is 451 g/mol. The molecule has 4 heteroatoms. The van der Waals surface area contributed by atoms with E-state index >= 15 is 0 Å². The number of hydrogen-bond acceptors (Lipinski definition) is 2. The monoisotopic (exact) mass is 450 g/mol. The van der Waals surface area contributed by atoms with E-state index in [1.165, 1.54) is 25.7 Å². The van der Waals surface area contributed by atoms with Crippen LogP contribution >= 0.6 is 0 Å². The number of amides is 2. The van der Waals surface area contributed by atoms with Crippen molar-refractivity contribution >= 4 is 11.8 Å². The zero-order valence-corrected chi connectivity index (χ0v) is 21.1. The van der Waals surface area contributed by atoms with Gasteiger partial charge in [0.05, 0.1) is 0 Å². The number of nitrogens with zero attached hydrogens (tertiary/aromatic N) is 1. The molecule has 4 nitrogen and oxygen atoms in total. The minimum Gasteiger partial charge on any atom is -0.348 e. The van der Waals surface area contributed by atoms with Crippen LogP contribution in [0.4, 0.5) is 0 Å². The Morgan fingerprint density at radius 1 is 1.03 bits per heavy atom. The van der Waals surface area contributed by atoms with E-state index in [4.69, 9.17) is 0 Å². The van der Waals surface area contributed by atoms with Crippen LogP contribution in [0.15, 0.2) is 30.3 Å². The molecule has 0 aromatic heterocycles. The van der Waals surface area contributed by atoms with E-state index in [1.807, 2.05) is 37.4 Å². The number of likely N-dealkylation sites (tertiary alicyclic amines) is 1. The van der Waals surface area contributed by atoms with Crippen molar-refractivity contribution in [1.29, 1.82) is 0 Å². The standard InChI is InChI=1S/C29H42N2O2/c1-18(2)21-17-23-20-11-12-24-28(3,16-14-25(32)31(24)5)22(20)13-15-29(23,4)26(21)30-27(33)19-9-7-6-8-10-19/h6-10,18,20-24,26H,11-17H2,1-5H3,(H,30,33)/t20-,21-,22+,23+,24-,26+,28-,29+/m1/s1. The predicted molar refractivity (Wildman–Crippen MR) is 132 cm³/mol. The van der Waals surface area contributed by atoms with Gasteiger partial charge in [0.1, 0.15) is 0 Å². The number of carbonyl (C=O) groups excluding carboxylic acids is 2. The maximum Gasteiger partial charge on any atom is 0.251 e. The summed E-state index contributed by atoms with van der Waals surface area (Å²) in [7, 11) is 2.04. The SMILES string of the molecule is CC(C)[C@H]1C[C@H]2[C@@H]3CC[C@H]4N(C)C(=O)CC[C@]4(C)[C@H]3CC[C@]2(C)[C@H]1NC(=O)c1ccccc1. The van der Waals surface area contributed by atoms with Crippen molar-refractivity contribution in [3.05, 3.63) is 35.9 Å². The van der Waals surface area contributed by atoms with Crippen LogP contribution in [0.25, 0.3) is 0 Å². The molecule has 1 N–H and O–H groups in total. The number of nitrogens with one attached hydrogen (secondary N) is 1. The third kappa shape index (κ3) is 3.46. The van der Waals surface area contributed by atoms with Crippen LogP contribution in [0.1, 0.15) is 83.0 Å². The number of piperidine rings is 1. The Balaban J connectivity index is 1.43. The van der Waals surface area contributed by atoms with Crippen molar-refractivity contribution < 1.29 is 9.59 Å². The lowest BCUT2D eigenvalue weighted by atomic mass is 9.47. The second kappa shape index (κ2) is 8.13. The van der Waals surface area contributed by atoms with Gasteiger partial charge in [-0.05, 0) is 91.1 Å². The smallest absolute Gasteiger partial charge is 0.251 e. The van der Waals surface area contributed by atoms with E-state index in [1.54, 1.807) is 0 Å². The number of rotatable bonds is 3. The number of carbonyl (C=O) groups is 2. The first-order chi connectivity index (χ1) is 15.7. The topological polar surface area (TPSA) is 49.4 Å². The fraction of sp³-hybridized carbons (Fsp3) is 0.724. The third-order valence-corrected chi connectivity index (χ3v) is 10.8. The minimum atomic E-state index is 0.0818. The summed E-state index contributed by atoms with van der Waals surface area (Å²) in [4.78, 5) is 27.8. The van der Waals surface area contributed by atoms with Crippen LogP contribution < -0.4 is 5.32 Å². The number of fused-ring (bicyclic) bond motifs is 5. The van der Waals surface area contributed by atoms with Crippen molar-refractivity contribution in [3.63, 3.8) is 0 Å². The zero-order valence-electron chi connectivity index (χ0n) is 21.1. The van der Waals surface area contributed by atoms with Crippen LogP contribution in [0.3, 0.4) is 0 Å². The molecule has 1 aromatic rings. The van der Waals surface area contributed by atoms with E-state index < -0.39 is 0 Å². The maximum absolute atomic E-state index is 13.2. The average Bonchev–Trinajstić information content (AvgIpc) is 3.10. The van der Waals surface area contributed by atoms with Gasteiger partial charge in [-0.2, -0.15) is 0 Å². The summed E-state index contributed by atoms with van der Waals surface area (Å²) in [5.41, 5.74) is 1.16. The molecule has 180 valence electrons. The molecule has 3 saturated carbocycles. The highest BCUT2D eigenvalue weighted by atomic mass is 16.2. The highest BCUT2D eigenvalue weighted by molar-refractivity contribution is 5.94. The molecule has 2 amide bonds. The van der Waals surface area contributed by atoms with Crippen LogP contribution in [-0.2, 0) is 4.79 Å². The van der Waals surface area contributed by atoms with Crippen molar-refractivity contribution in [2.75, 3.05) is 7.05 Å². The van der Waals surface area contributed by atoms with Crippen molar-refractivity contribution in [3.8, 4) is 0 Å². The van der Waals surface area contributed by atoms with Crippen LogP contribution in [0.5, 0.6) is 0 Å². The molecule has 1 saturated heterocycles. The second-order valence-corrected chi connectivity index (χ2v) is 12.5. The molecule has 4 fully saturated rings. The van der Waals surface area contributed by atoms with E-state index in [0.29, 0.717) is 48.0 Å².